The number of aliphatic imine (C=N–C) groups is 1. The Balaban J connectivity index is 2.02. The molecule has 0 unspecified atom stereocenters. The van der Waals surface area contributed by atoms with Gasteiger partial charge < -0.3 is 10.1 Å². The summed E-state index contributed by atoms with van der Waals surface area (Å²) in [5, 5.41) is 9.27. The number of nitrogens with two attached hydrogens (primary N) is 1. The van der Waals surface area contributed by atoms with E-state index in [0.29, 0.717) is 17.1 Å². The van der Waals surface area contributed by atoms with Crippen molar-refractivity contribution in [2.75, 3.05) is 5.73 Å². The van der Waals surface area contributed by atoms with Gasteiger partial charge in [0.15, 0.2) is 11.6 Å². The van der Waals surface area contributed by atoms with Crippen LogP contribution in [0.5, 0.6) is 0 Å². The maximum atomic E-state index is 14.2. The standard InChI is InChI=1S/C20H14FN7O/c1-12(25-18-13(9-22)10-24-20(23)26-18)16-11-27-8-7-15(21)17(27)19(29)28(16)14-5-3-2-4-6-14/h2-8,10-11H,1H3,(H2,23,24,26). The number of nitriles is 1. The highest BCUT2D eigenvalue weighted by atomic mass is 19.1. The van der Waals surface area contributed by atoms with Crippen molar-refractivity contribution in [1.82, 2.24) is 18.9 Å². The lowest BCUT2D eigenvalue weighted by atomic mass is 10.2. The topological polar surface area (TPSA) is 114 Å². The van der Waals surface area contributed by atoms with Crippen LogP contribution in [0.1, 0.15) is 18.2 Å². The fourth-order valence-electron chi connectivity index (χ4n) is 3.00. The SMILES string of the molecule is CC(=Nc1nc(N)ncc1C#N)c1cn2ccc(F)c2c(=O)n1-c1ccccc1. The molecule has 1 aromatic carbocycles. The van der Waals surface area contributed by atoms with Crippen LogP contribution in [0.15, 0.2) is 64.8 Å². The summed E-state index contributed by atoms with van der Waals surface area (Å²) < 4.78 is 17.0. The number of nitrogens with zero attached hydrogens (tertiary/aromatic N) is 6. The van der Waals surface area contributed by atoms with Gasteiger partial charge in [0, 0.05) is 18.1 Å². The van der Waals surface area contributed by atoms with Crippen LogP contribution >= 0.6 is 0 Å². The summed E-state index contributed by atoms with van der Waals surface area (Å²) in [4.78, 5) is 25.3. The van der Waals surface area contributed by atoms with Crippen LogP contribution in [-0.4, -0.2) is 24.6 Å². The number of rotatable bonds is 3. The van der Waals surface area contributed by atoms with Crippen LogP contribution < -0.4 is 11.3 Å². The zero-order chi connectivity index (χ0) is 20.5. The van der Waals surface area contributed by atoms with E-state index in [1.165, 1.54) is 27.4 Å². The highest BCUT2D eigenvalue weighted by molar-refractivity contribution is 5.99. The van der Waals surface area contributed by atoms with E-state index in [1.807, 2.05) is 12.1 Å². The van der Waals surface area contributed by atoms with E-state index in [1.54, 1.807) is 37.4 Å². The highest BCUT2D eigenvalue weighted by Gasteiger charge is 2.17. The predicted octanol–water partition coefficient (Wildman–Crippen LogP) is 2.61. The van der Waals surface area contributed by atoms with Gasteiger partial charge in [-0.2, -0.15) is 10.2 Å². The third-order valence-corrected chi connectivity index (χ3v) is 4.34. The molecule has 0 spiro atoms. The van der Waals surface area contributed by atoms with E-state index in [9.17, 15) is 14.4 Å². The largest absolute Gasteiger partial charge is 0.368 e. The number of nitrogen functional groups attached to an aromatic ring is 1. The van der Waals surface area contributed by atoms with Gasteiger partial charge in [0.2, 0.25) is 5.95 Å². The summed E-state index contributed by atoms with van der Waals surface area (Å²) in [6.07, 6.45) is 4.34. The molecule has 0 amide bonds. The lowest BCUT2D eigenvalue weighted by molar-refractivity contribution is 0.638. The van der Waals surface area contributed by atoms with Gasteiger partial charge in [-0.1, -0.05) is 18.2 Å². The first kappa shape index (κ1) is 18.1. The Hall–Kier alpha value is -4.32. The highest BCUT2D eigenvalue weighted by Crippen LogP contribution is 2.19. The summed E-state index contributed by atoms with van der Waals surface area (Å²) in [7, 11) is 0. The van der Waals surface area contributed by atoms with Crippen LogP contribution in [0.25, 0.3) is 11.2 Å². The summed E-state index contributed by atoms with van der Waals surface area (Å²) in [5.74, 6) is -0.557. The lowest BCUT2D eigenvalue weighted by Crippen LogP contribution is -2.26. The molecule has 0 aliphatic rings. The van der Waals surface area contributed by atoms with Gasteiger partial charge in [-0.25, -0.2) is 14.4 Å². The first-order valence-corrected chi connectivity index (χ1v) is 8.55. The molecular weight excluding hydrogens is 373 g/mol. The van der Waals surface area contributed by atoms with E-state index in [0.717, 1.165) is 0 Å². The number of para-hydroxylation sites is 1. The molecular formula is C20H14FN7O. The Morgan fingerprint density at radius 3 is 2.76 bits per heavy atom. The Bertz CT molecular complexity index is 1360. The van der Waals surface area contributed by atoms with Crippen LogP contribution in [0, 0.1) is 17.1 Å². The molecule has 0 saturated heterocycles. The second-order valence-corrected chi connectivity index (χ2v) is 6.18. The van der Waals surface area contributed by atoms with Crippen molar-refractivity contribution < 1.29 is 4.39 Å². The minimum absolute atomic E-state index is 0.0288. The molecule has 2 N–H and O–H groups in total. The Morgan fingerprint density at radius 2 is 2.03 bits per heavy atom. The first-order valence-electron chi connectivity index (χ1n) is 8.55. The van der Waals surface area contributed by atoms with Crippen LogP contribution in [0.4, 0.5) is 16.2 Å². The van der Waals surface area contributed by atoms with Gasteiger partial charge in [-0.15, -0.1) is 0 Å². The van der Waals surface area contributed by atoms with E-state index in [4.69, 9.17) is 5.73 Å². The van der Waals surface area contributed by atoms with E-state index < -0.39 is 11.4 Å². The van der Waals surface area contributed by atoms with Crippen molar-refractivity contribution in [3.63, 3.8) is 0 Å². The number of hydrogen-bond donors (Lipinski definition) is 1. The van der Waals surface area contributed by atoms with Gasteiger partial charge in [-0.05, 0) is 25.1 Å². The molecule has 0 fully saturated rings. The molecule has 3 aromatic heterocycles. The molecule has 29 heavy (non-hydrogen) atoms. The van der Waals surface area contributed by atoms with E-state index in [-0.39, 0.29) is 22.8 Å². The van der Waals surface area contributed by atoms with Gasteiger partial charge in [0.05, 0.1) is 17.6 Å². The number of hydrogen-bond acceptors (Lipinski definition) is 6. The molecule has 0 saturated carbocycles. The zero-order valence-corrected chi connectivity index (χ0v) is 15.2. The minimum Gasteiger partial charge on any atom is -0.368 e. The maximum Gasteiger partial charge on any atom is 0.282 e. The van der Waals surface area contributed by atoms with Gasteiger partial charge in [0.25, 0.3) is 5.56 Å². The normalized spacial score (nSPS) is 11.6. The molecule has 0 aliphatic heterocycles. The van der Waals surface area contributed by atoms with Crippen molar-refractivity contribution in [3.05, 3.63) is 82.4 Å². The first-order chi connectivity index (χ1) is 14.0. The van der Waals surface area contributed by atoms with Crippen LogP contribution in [0.3, 0.4) is 0 Å². The minimum atomic E-state index is -0.615. The van der Waals surface area contributed by atoms with E-state index >= 15 is 0 Å². The number of halogens is 1. The summed E-state index contributed by atoms with van der Waals surface area (Å²) in [6, 6.07) is 12.0. The van der Waals surface area contributed by atoms with Crippen molar-refractivity contribution in [2.24, 2.45) is 4.99 Å². The molecule has 4 rings (SSSR count). The predicted molar refractivity (Wildman–Crippen MR) is 106 cm³/mol. The van der Waals surface area contributed by atoms with Gasteiger partial charge in [0.1, 0.15) is 17.1 Å². The summed E-state index contributed by atoms with van der Waals surface area (Å²) in [6.45, 7) is 1.67. The van der Waals surface area contributed by atoms with Gasteiger partial charge in [-0.3, -0.25) is 9.36 Å². The fraction of sp³-hybridized carbons (Fsp3) is 0.0500. The number of aromatic nitrogens is 4. The monoisotopic (exact) mass is 387 g/mol. The molecule has 0 radical (unpaired) electrons. The number of benzene rings is 1. The molecule has 0 atom stereocenters. The second-order valence-electron chi connectivity index (χ2n) is 6.18. The summed E-state index contributed by atoms with van der Waals surface area (Å²) >= 11 is 0. The van der Waals surface area contributed by atoms with Crippen LogP contribution in [-0.2, 0) is 0 Å². The van der Waals surface area contributed by atoms with Crippen LogP contribution in [0.2, 0.25) is 0 Å². The number of anilines is 1. The Kier molecular flexibility index (Phi) is 4.37. The maximum absolute atomic E-state index is 14.2. The quantitative estimate of drug-likeness (QED) is 0.543. The summed E-state index contributed by atoms with van der Waals surface area (Å²) in [5.41, 5.74) is 6.49. The second kappa shape index (κ2) is 7.01. The van der Waals surface area contributed by atoms with Crippen molar-refractivity contribution in [1.29, 1.82) is 5.26 Å². The van der Waals surface area contributed by atoms with Crippen molar-refractivity contribution in [2.45, 2.75) is 6.92 Å². The van der Waals surface area contributed by atoms with Gasteiger partial charge >= 0.3 is 0 Å². The molecule has 3 heterocycles. The average Bonchev–Trinajstić information content (AvgIpc) is 3.09. The third-order valence-electron chi connectivity index (χ3n) is 4.34. The molecule has 0 bridgehead atoms. The third kappa shape index (κ3) is 3.12. The van der Waals surface area contributed by atoms with Crippen molar-refractivity contribution >= 4 is 23.0 Å². The average molecular weight is 387 g/mol. The van der Waals surface area contributed by atoms with Crippen molar-refractivity contribution in [3.8, 4) is 11.8 Å². The van der Waals surface area contributed by atoms with E-state index in [2.05, 4.69) is 15.0 Å². The molecule has 4 aromatic rings. The smallest absolute Gasteiger partial charge is 0.282 e. The molecule has 0 aliphatic carbocycles. The molecule has 142 valence electrons. The fourth-order valence-corrected chi connectivity index (χ4v) is 3.00. The lowest BCUT2D eigenvalue weighted by Gasteiger charge is -2.14. The Labute approximate surface area is 164 Å². The number of fused-ring (bicyclic) bond motifs is 1. The zero-order valence-electron chi connectivity index (χ0n) is 15.2. The Morgan fingerprint density at radius 1 is 1.28 bits per heavy atom. The molecule has 8 nitrogen and oxygen atoms in total. The molecule has 9 heteroatoms.